The second kappa shape index (κ2) is 7.98. The van der Waals surface area contributed by atoms with E-state index in [1.807, 2.05) is 0 Å². The monoisotopic (exact) mass is 295 g/mol. The molecule has 1 aliphatic rings. The van der Waals surface area contributed by atoms with Gasteiger partial charge in [-0.25, -0.2) is 4.39 Å². The van der Waals surface area contributed by atoms with Crippen molar-refractivity contribution in [1.29, 1.82) is 0 Å². The number of methoxy groups -OCH3 is 1. The van der Waals surface area contributed by atoms with Crippen LogP contribution in [-0.2, 0) is 9.53 Å². The Morgan fingerprint density at radius 1 is 1.33 bits per heavy atom. The first-order valence-electron chi connectivity index (χ1n) is 7.39. The molecule has 0 aliphatic heterocycles. The van der Waals surface area contributed by atoms with E-state index in [-0.39, 0.29) is 24.1 Å². The Morgan fingerprint density at radius 2 is 2.05 bits per heavy atom. The number of para-hydroxylation sites is 1. The third-order valence-electron chi connectivity index (χ3n) is 3.87. The van der Waals surface area contributed by atoms with Gasteiger partial charge in [0.15, 0.2) is 11.6 Å². The summed E-state index contributed by atoms with van der Waals surface area (Å²) >= 11 is 0. The molecule has 1 saturated carbocycles. The Bertz CT molecular complexity index is 461. The molecular formula is C16H22FNO3. The van der Waals surface area contributed by atoms with Gasteiger partial charge in [-0.3, -0.25) is 9.69 Å². The molecule has 0 N–H and O–H groups in total. The number of carbonyl (C=O) groups excluding carboxylic acids is 1. The number of hydrogen-bond donors (Lipinski definition) is 0. The first-order valence-corrected chi connectivity index (χ1v) is 7.39. The molecule has 116 valence electrons. The van der Waals surface area contributed by atoms with E-state index in [0.717, 1.165) is 12.8 Å². The van der Waals surface area contributed by atoms with Gasteiger partial charge in [0.25, 0.3) is 0 Å². The molecule has 1 aromatic rings. The topological polar surface area (TPSA) is 38.8 Å². The maximum Gasteiger partial charge on any atom is 0.319 e. The fraction of sp³-hybridized carbons (Fsp3) is 0.562. The van der Waals surface area contributed by atoms with Crippen LogP contribution in [0.25, 0.3) is 0 Å². The van der Waals surface area contributed by atoms with Crippen molar-refractivity contribution in [3.8, 4) is 5.75 Å². The summed E-state index contributed by atoms with van der Waals surface area (Å²) in [5.41, 5.74) is 0. The molecule has 1 aliphatic carbocycles. The van der Waals surface area contributed by atoms with Crippen LogP contribution in [0.2, 0.25) is 0 Å². The molecule has 21 heavy (non-hydrogen) atoms. The highest BCUT2D eigenvalue weighted by molar-refractivity contribution is 5.71. The number of esters is 1. The Balaban J connectivity index is 1.86. The lowest BCUT2D eigenvalue weighted by molar-refractivity contribution is -0.142. The largest absolute Gasteiger partial charge is 0.489 e. The van der Waals surface area contributed by atoms with Crippen molar-refractivity contribution in [3.63, 3.8) is 0 Å². The summed E-state index contributed by atoms with van der Waals surface area (Å²) in [6.45, 7) is 1.21. The van der Waals surface area contributed by atoms with E-state index in [0.29, 0.717) is 19.2 Å². The Labute approximate surface area is 124 Å². The highest BCUT2D eigenvalue weighted by Crippen LogP contribution is 2.23. The fourth-order valence-corrected chi connectivity index (χ4v) is 2.73. The van der Waals surface area contributed by atoms with Gasteiger partial charge in [0.1, 0.15) is 6.61 Å². The van der Waals surface area contributed by atoms with E-state index >= 15 is 0 Å². The molecule has 2 rings (SSSR count). The summed E-state index contributed by atoms with van der Waals surface area (Å²) < 4.78 is 23.7. The number of benzene rings is 1. The predicted octanol–water partition coefficient (Wildman–Crippen LogP) is 2.62. The number of rotatable bonds is 7. The fourth-order valence-electron chi connectivity index (χ4n) is 2.73. The first kappa shape index (κ1) is 15.8. The van der Waals surface area contributed by atoms with Crippen molar-refractivity contribution in [3.05, 3.63) is 30.1 Å². The van der Waals surface area contributed by atoms with Gasteiger partial charge in [-0.05, 0) is 25.0 Å². The van der Waals surface area contributed by atoms with E-state index in [1.54, 1.807) is 18.2 Å². The molecule has 0 heterocycles. The van der Waals surface area contributed by atoms with E-state index in [2.05, 4.69) is 4.90 Å². The molecule has 0 aromatic heterocycles. The number of nitrogens with zero attached hydrogens (tertiary/aromatic N) is 1. The molecule has 0 saturated heterocycles. The van der Waals surface area contributed by atoms with Gasteiger partial charge >= 0.3 is 5.97 Å². The summed E-state index contributed by atoms with van der Waals surface area (Å²) in [7, 11) is 1.39. The Hall–Kier alpha value is -1.62. The van der Waals surface area contributed by atoms with E-state index < -0.39 is 0 Å². The first-order chi connectivity index (χ1) is 10.2. The molecule has 1 fully saturated rings. The van der Waals surface area contributed by atoms with Crippen molar-refractivity contribution < 1.29 is 18.7 Å². The minimum absolute atomic E-state index is 0.243. The minimum atomic E-state index is -0.363. The van der Waals surface area contributed by atoms with Gasteiger partial charge in [-0.2, -0.15) is 0 Å². The normalized spacial score (nSPS) is 15.4. The van der Waals surface area contributed by atoms with Crippen LogP contribution in [-0.4, -0.2) is 43.7 Å². The van der Waals surface area contributed by atoms with Crippen molar-refractivity contribution in [2.24, 2.45) is 0 Å². The average molecular weight is 295 g/mol. The lowest BCUT2D eigenvalue weighted by Crippen LogP contribution is -2.40. The van der Waals surface area contributed by atoms with Crippen LogP contribution in [0, 0.1) is 5.82 Å². The van der Waals surface area contributed by atoms with Crippen molar-refractivity contribution >= 4 is 5.97 Å². The predicted molar refractivity (Wildman–Crippen MR) is 77.7 cm³/mol. The van der Waals surface area contributed by atoms with Crippen molar-refractivity contribution in [2.75, 3.05) is 26.8 Å². The molecule has 0 amide bonds. The van der Waals surface area contributed by atoms with E-state index in [1.165, 1.54) is 26.0 Å². The SMILES string of the molecule is COC(=O)CN(CCOc1ccccc1F)C1CCCC1. The maximum absolute atomic E-state index is 13.5. The Morgan fingerprint density at radius 3 is 2.71 bits per heavy atom. The van der Waals surface area contributed by atoms with Crippen LogP contribution in [0.5, 0.6) is 5.75 Å². The third kappa shape index (κ3) is 4.70. The average Bonchev–Trinajstić information content (AvgIpc) is 3.02. The number of carbonyl (C=O) groups is 1. The molecule has 0 atom stereocenters. The van der Waals surface area contributed by atoms with E-state index in [4.69, 9.17) is 9.47 Å². The van der Waals surface area contributed by atoms with Crippen LogP contribution in [0.3, 0.4) is 0 Å². The number of halogens is 1. The summed E-state index contributed by atoms with van der Waals surface area (Å²) in [5.74, 6) is -0.354. The van der Waals surface area contributed by atoms with Crippen LogP contribution in [0.4, 0.5) is 4.39 Å². The second-order valence-corrected chi connectivity index (χ2v) is 5.26. The second-order valence-electron chi connectivity index (χ2n) is 5.26. The molecule has 0 bridgehead atoms. The zero-order valence-corrected chi connectivity index (χ0v) is 12.4. The van der Waals surface area contributed by atoms with Crippen LogP contribution < -0.4 is 4.74 Å². The van der Waals surface area contributed by atoms with Gasteiger partial charge in [-0.1, -0.05) is 25.0 Å². The number of hydrogen-bond acceptors (Lipinski definition) is 4. The van der Waals surface area contributed by atoms with Crippen molar-refractivity contribution in [1.82, 2.24) is 4.90 Å². The molecular weight excluding hydrogens is 273 g/mol. The van der Waals surface area contributed by atoms with Gasteiger partial charge in [0.05, 0.1) is 13.7 Å². The van der Waals surface area contributed by atoms with Crippen LogP contribution >= 0.6 is 0 Å². The third-order valence-corrected chi connectivity index (χ3v) is 3.87. The minimum Gasteiger partial charge on any atom is -0.489 e. The summed E-state index contributed by atoms with van der Waals surface area (Å²) in [6, 6.07) is 6.74. The van der Waals surface area contributed by atoms with Crippen molar-refractivity contribution in [2.45, 2.75) is 31.7 Å². The lowest BCUT2D eigenvalue weighted by atomic mass is 10.2. The highest BCUT2D eigenvalue weighted by Gasteiger charge is 2.24. The number of ether oxygens (including phenoxy) is 2. The molecule has 5 heteroatoms. The molecule has 1 aromatic carbocycles. The van der Waals surface area contributed by atoms with Gasteiger partial charge in [0.2, 0.25) is 0 Å². The molecule has 4 nitrogen and oxygen atoms in total. The summed E-state index contributed by atoms with van der Waals surface area (Å²) in [4.78, 5) is 13.6. The van der Waals surface area contributed by atoms with E-state index in [9.17, 15) is 9.18 Å². The van der Waals surface area contributed by atoms with Gasteiger partial charge in [0, 0.05) is 12.6 Å². The maximum atomic E-state index is 13.5. The van der Waals surface area contributed by atoms with Gasteiger partial charge in [-0.15, -0.1) is 0 Å². The zero-order valence-electron chi connectivity index (χ0n) is 12.4. The van der Waals surface area contributed by atoms with Crippen LogP contribution in [0.15, 0.2) is 24.3 Å². The van der Waals surface area contributed by atoms with Crippen LogP contribution in [0.1, 0.15) is 25.7 Å². The zero-order chi connectivity index (χ0) is 15.1. The summed E-state index contributed by atoms with van der Waals surface area (Å²) in [6.07, 6.45) is 4.57. The molecule has 0 spiro atoms. The standard InChI is InChI=1S/C16H22FNO3/c1-20-16(19)12-18(13-6-2-3-7-13)10-11-21-15-9-5-4-8-14(15)17/h4-5,8-9,13H,2-3,6-7,10-12H2,1H3. The molecule has 0 radical (unpaired) electrons. The quantitative estimate of drug-likeness (QED) is 0.725. The van der Waals surface area contributed by atoms with Gasteiger partial charge < -0.3 is 9.47 Å². The Kier molecular flexibility index (Phi) is 5.99. The lowest BCUT2D eigenvalue weighted by Gasteiger charge is -2.27. The summed E-state index contributed by atoms with van der Waals surface area (Å²) in [5, 5.41) is 0. The molecule has 0 unspecified atom stereocenters. The smallest absolute Gasteiger partial charge is 0.319 e. The highest BCUT2D eigenvalue weighted by atomic mass is 19.1.